The highest BCUT2D eigenvalue weighted by Gasteiger charge is 2.31. The first-order valence-corrected chi connectivity index (χ1v) is 8.37. The fraction of sp³-hybridized carbons (Fsp3) is 0.824. The van der Waals surface area contributed by atoms with Crippen molar-refractivity contribution >= 4 is 5.97 Å². The van der Waals surface area contributed by atoms with Gasteiger partial charge in [-0.1, -0.05) is 45.4 Å². The molecule has 0 aliphatic carbocycles. The van der Waals surface area contributed by atoms with Crippen molar-refractivity contribution in [3.63, 3.8) is 0 Å². The number of rotatable bonds is 10. The van der Waals surface area contributed by atoms with Gasteiger partial charge in [0, 0.05) is 31.3 Å². The van der Waals surface area contributed by atoms with Crippen molar-refractivity contribution in [2.24, 2.45) is 5.92 Å². The van der Waals surface area contributed by atoms with Crippen molar-refractivity contribution in [1.29, 1.82) is 0 Å². The quantitative estimate of drug-likeness (QED) is 0.381. The summed E-state index contributed by atoms with van der Waals surface area (Å²) in [4.78, 5) is 11.6. The Kier molecular flexibility index (Phi) is 9.15. The lowest BCUT2D eigenvalue weighted by molar-refractivity contribution is -0.137. The molecule has 0 spiro atoms. The lowest BCUT2D eigenvalue weighted by Gasteiger charge is -2.17. The van der Waals surface area contributed by atoms with Crippen molar-refractivity contribution in [1.82, 2.24) is 5.32 Å². The third-order valence-corrected chi connectivity index (χ3v) is 4.09. The predicted molar refractivity (Wildman–Crippen MR) is 85.0 cm³/mol. The molecule has 1 saturated heterocycles. The molecule has 4 nitrogen and oxygen atoms in total. The van der Waals surface area contributed by atoms with Gasteiger partial charge >= 0.3 is 5.97 Å². The highest BCUT2D eigenvalue weighted by atomic mass is 16.5. The summed E-state index contributed by atoms with van der Waals surface area (Å²) >= 11 is 0. The number of carbonyl (C=O) groups is 1. The van der Waals surface area contributed by atoms with E-state index in [2.05, 4.69) is 12.2 Å². The first-order valence-electron chi connectivity index (χ1n) is 8.37. The van der Waals surface area contributed by atoms with Crippen LogP contribution in [-0.4, -0.2) is 32.3 Å². The van der Waals surface area contributed by atoms with Crippen LogP contribution < -0.4 is 5.32 Å². The van der Waals surface area contributed by atoms with Crippen LogP contribution in [0.5, 0.6) is 0 Å². The molecule has 0 bridgehead atoms. The molecule has 1 heterocycles. The van der Waals surface area contributed by atoms with Gasteiger partial charge in [0.1, 0.15) is 0 Å². The minimum Gasteiger partial charge on any atom is -0.463 e. The van der Waals surface area contributed by atoms with Crippen LogP contribution in [0, 0.1) is 5.92 Å². The van der Waals surface area contributed by atoms with Gasteiger partial charge in [0.05, 0.1) is 12.7 Å². The Balaban J connectivity index is 2.43. The van der Waals surface area contributed by atoms with Crippen LogP contribution in [0.1, 0.15) is 58.8 Å². The van der Waals surface area contributed by atoms with Crippen LogP contribution >= 0.6 is 0 Å². The number of ether oxygens (including phenoxy) is 2. The van der Waals surface area contributed by atoms with Crippen LogP contribution in [0.2, 0.25) is 0 Å². The van der Waals surface area contributed by atoms with Gasteiger partial charge in [-0.05, 0) is 13.3 Å². The van der Waals surface area contributed by atoms with Crippen molar-refractivity contribution < 1.29 is 14.3 Å². The van der Waals surface area contributed by atoms with Crippen molar-refractivity contribution in [3.8, 4) is 0 Å². The fourth-order valence-electron chi connectivity index (χ4n) is 2.89. The summed E-state index contributed by atoms with van der Waals surface area (Å²) in [6.07, 6.45) is 10.6. The normalized spacial score (nSPS) is 23.3. The summed E-state index contributed by atoms with van der Waals surface area (Å²) < 4.78 is 10.5. The van der Waals surface area contributed by atoms with Crippen molar-refractivity contribution in [2.75, 3.05) is 20.3 Å². The zero-order chi connectivity index (χ0) is 15.5. The average molecular weight is 297 g/mol. The summed E-state index contributed by atoms with van der Waals surface area (Å²) in [7, 11) is 1.74. The Bertz CT molecular complexity index is 328. The first-order chi connectivity index (χ1) is 10.2. The second-order valence-electron chi connectivity index (χ2n) is 5.67. The molecule has 21 heavy (non-hydrogen) atoms. The number of carbonyl (C=O) groups excluding carboxylic acids is 1. The number of nitrogens with one attached hydrogen (secondary N) is 1. The smallest absolute Gasteiger partial charge is 0.332 e. The van der Waals surface area contributed by atoms with Crippen LogP contribution in [-0.2, 0) is 14.3 Å². The maximum absolute atomic E-state index is 11.6. The number of methoxy groups -OCH3 is 1. The molecule has 0 radical (unpaired) electrons. The molecule has 0 aromatic carbocycles. The van der Waals surface area contributed by atoms with Crippen LogP contribution in [0.15, 0.2) is 11.8 Å². The summed E-state index contributed by atoms with van der Waals surface area (Å²) in [6, 6.07) is 0. The molecule has 0 aromatic heterocycles. The van der Waals surface area contributed by atoms with E-state index >= 15 is 0 Å². The van der Waals surface area contributed by atoms with Crippen LogP contribution in [0.25, 0.3) is 0 Å². The maximum Gasteiger partial charge on any atom is 0.332 e. The molecule has 4 heteroatoms. The Morgan fingerprint density at radius 3 is 2.62 bits per heavy atom. The van der Waals surface area contributed by atoms with E-state index in [0.717, 1.165) is 18.7 Å². The number of hydrogen-bond acceptors (Lipinski definition) is 4. The molecule has 1 aliphatic rings. The monoisotopic (exact) mass is 297 g/mol. The van der Waals surface area contributed by atoms with Crippen molar-refractivity contribution in [3.05, 3.63) is 11.8 Å². The standard InChI is InChI=1S/C17H31NO3/c1-4-6-7-8-9-10-11-14-15(12-17(19)21-5-2)18-13-16(14)20-3/h12,14,16,18H,4-11,13H2,1-3H3/b15-12-/t14-,16-/m1/s1. The molecule has 0 unspecified atom stereocenters. The molecular weight excluding hydrogens is 266 g/mol. The Morgan fingerprint density at radius 1 is 1.24 bits per heavy atom. The topological polar surface area (TPSA) is 47.6 Å². The average Bonchev–Trinajstić information content (AvgIpc) is 2.85. The minimum absolute atomic E-state index is 0.168. The number of unbranched alkanes of at least 4 members (excludes halogenated alkanes) is 5. The Morgan fingerprint density at radius 2 is 1.95 bits per heavy atom. The van der Waals surface area contributed by atoms with E-state index in [-0.39, 0.29) is 12.1 Å². The molecule has 2 atom stereocenters. The van der Waals surface area contributed by atoms with E-state index in [4.69, 9.17) is 9.47 Å². The van der Waals surface area contributed by atoms with Gasteiger partial charge in [0.2, 0.25) is 0 Å². The highest BCUT2D eigenvalue weighted by molar-refractivity contribution is 5.82. The van der Waals surface area contributed by atoms with E-state index in [1.54, 1.807) is 13.2 Å². The van der Waals surface area contributed by atoms with Gasteiger partial charge in [-0.3, -0.25) is 0 Å². The van der Waals surface area contributed by atoms with E-state index < -0.39 is 0 Å². The second kappa shape index (κ2) is 10.7. The van der Waals surface area contributed by atoms with Gasteiger partial charge in [-0.15, -0.1) is 0 Å². The zero-order valence-electron chi connectivity index (χ0n) is 13.8. The Hall–Kier alpha value is -1.03. The van der Waals surface area contributed by atoms with Gasteiger partial charge in [0.25, 0.3) is 0 Å². The molecule has 122 valence electrons. The van der Waals surface area contributed by atoms with Crippen LogP contribution in [0.3, 0.4) is 0 Å². The number of hydrogen-bond donors (Lipinski definition) is 1. The maximum atomic E-state index is 11.6. The molecule has 1 rings (SSSR count). The third kappa shape index (κ3) is 6.51. The lowest BCUT2D eigenvalue weighted by Crippen LogP contribution is -2.20. The van der Waals surface area contributed by atoms with Gasteiger partial charge in [-0.25, -0.2) is 4.79 Å². The summed E-state index contributed by atoms with van der Waals surface area (Å²) in [5.41, 5.74) is 0.980. The molecule has 1 aliphatic heterocycles. The van der Waals surface area contributed by atoms with E-state index in [0.29, 0.717) is 12.5 Å². The summed E-state index contributed by atoms with van der Waals surface area (Å²) in [6.45, 7) is 5.25. The molecule has 0 amide bonds. The van der Waals surface area contributed by atoms with E-state index in [9.17, 15) is 4.79 Å². The molecule has 1 N–H and O–H groups in total. The fourth-order valence-corrected chi connectivity index (χ4v) is 2.89. The van der Waals surface area contributed by atoms with Crippen LogP contribution in [0.4, 0.5) is 0 Å². The van der Waals surface area contributed by atoms with Gasteiger partial charge in [0.15, 0.2) is 0 Å². The SMILES string of the molecule is CCCCCCCC[C@@H]1/C(=C/C(=O)OCC)NC[C@H]1OC. The molecular formula is C17H31NO3. The second-order valence-corrected chi connectivity index (χ2v) is 5.67. The first kappa shape index (κ1) is 18.0. The summed E-state index contributed by atoms with van der Waals surface area (Å²) in [5.74, 6) is 0.0373. The molecule has 0 aromatic rings. The van der Waals surface area contributed by atoms with Gasteiger partial charge < -0.3 is 14.8 Å². The number of esters is 1. The predicted octanol–water partition coefficient (Wildman–Crippen LogP) is 3.42. The minimum atomic E-state index is -0.260. The van der Waals surface area contributed by atoms with E-state index in [1.165, 1.54) is 38.5 Å². The van der Waals surface area contributed by atoms with E-state index in [1.807, 2.05) is 6.92 Å². The third-order valence-electron chi connectivity index (χ3n) is 4.09. The summed E-state index contributed by atoms with van der Waals surface area (Å²) in [5, 5.41) is 3.29. The van der Waals surface area contributed by atoms with Crippen molar-refractivity contribution in [2.45, 2.75) is 64.9 Å². The molecule has 1 fully saturated rings. The molecule has 0 saturated carbocycles. The zero-order valence-corrected chi connectivity index (χ0v) is 13.8. The Labute approximate surface area is 129 Å². The highest BCUT2D eigenvalue weighted by Crippen LogP contribution is 2.27. The lowest BCUT2D eigenvalue weighted by atomic mass is 9.94. The van der Waals surface area contributed by atoms with Gasteiger partial charge in [-0.2, -0.15) is 0 Å². The largest absolute Gasteiger partial charge is 0.463 e.